The SMILES string of the molecule is Cc1noc(C)c1CC(C)Nc1ccc([N+](=O)[O-])c(C(F)(F)F)c1. The Morgan fingerprint density at radius 3 is 2.54 bits per heavy atom. The number of aryl methyl sites for hydroxylation is 2. The van der Waals surface area contributed by atoms with Crippen LogP contribution < -0.4 is 5.32 Å². The van der Waals surface area contributed by atoms with Gasteiger partial charge in [0, 0.05) is 23.4 Å². The maximum Gasteiger partial charge on any atom is 0.423 e. The molecule has 0 amide bonds. The van der Waals surface area contributed by atoms with E-state index in [1.807, 2.05) is 0 Å². The van der Waals surface area contributed by atoms with Gasteiger partial charge in [0.25, 0.3) is 5.69 Å². The van der Waals surface area contributed by atoms with Crippen molar-refractivity contribution in [2.75, 3.05) is 5.32 Å². The number of nitrogens with zero attached hydrogens (tertiary/aromatic N) is 2. The summed E-state index contributed by atoms with van der Waals surface area (Å²) >= 11 is 0. The van der Waals surface area contributed by atoms with Gasteiger partial charge in [-0.3, -0.25) is 10.1 Å². The van der Waals surface area contributed by atoms with Crippen molar-refractivity contribution in [2.45, 2.75) is 39.4 Å². The molecule has 2 aromatic rings. The summed E-state index contributed by atoms with van der Waals surface area (Å²) in [4.78, 5) is 9.71. The zero-order valence-electron chi connectivity index (χ0n) is 13.3. The summed E-state index contributed by atoms with van der Waals surface area (Å²) in [6, 6.07) is 2.65. The number of nitro benzene ring substituents is 1. The van der Waals surface area contributed by atoms with Crippen LogP contribution in [-0.2, 0) is 12.6 Å². The lowest BCUT2D eigenvalue weighted by atomic mass is 10.0. The maximum atomic E-state index is 13.0. The maximum absolute atomic E-state index is 13.0. The van der Waals surface area contributed by atoms with Crippen LogP contribution in [0.2, 0.25) is 0 Å². The summed E-state index contributed by atoms with van der Waals surface area (Å²) in [5.74, 6) is 0.654. The van der Waals surface area contributed by atoms with Gasteiger partial charge >= 0.3 is 6.18 Å². The summed E-state index contributed by atoms with van der Waals surface area (Å²) in [6.07, 6.45) is -4.30. The Kier molecular flexibility index (Phi) is 4.81. The van der Waals surface area contributed by atoms with Crippen LogP contribution in [0.25, 0.3) is 0 Å². The highest BCUT2D eigenvalue weighted by molar-refractivity contribution is 5.55. The van der Waals surface area contributed by atoms with E-state index in [1.165, 1.54) is 6.07 Å². The third-order valence-corrected chi connectivity index (χ3v) is 3.60. The molecule has 1 heterocycles. The molecule has 0 fully saturated rings. The third kappa shape index (κ3) is 3.84. The second-order valence-electron chi connectivity index (χ2n) is 5.54. The van der Waals surface area contributed by atoms with Gasteiger partial charge in [0.2, 0.25) is 0 Å². The van der Waals surface area contributed by atoms with Gasteiger partial charge in [-0.2, -0.15) is 13.2 Å². The fourth-order valence-electron chi connectivity index (χ4n) is 2.45. The molecular weight excluding hydrogens is 327 g/mol. The Labute approximate surface area is 135 Å². The molecule has 0 aliphatic rings. The molecule has 0 saturated heterocycles. The van der Waals surface area contributed by atoms with Crippen LogP contribution >= 0.6 is 0 Å². The van der Waals surface area contributed by atoms with Gasteiger partial charge in [-0.1, -0.05) is 5.16 Å². The van der Waals surface area contributed by atoms with Crippen LogP contribution in [0.4, 0.5) is 24.5 Å². The van der Waals surface area contributed by atoms with Crippen molar-refractivity contribution in [1.29, 1.82) is 0 Å². The van der Waals surface area contributed by atoms with Gasteiger partial charge in [0.15, 0.2) is 0 Å². The fourth-order valence-corrected chi connectivity index (χ4v) is 2.45. The largest absolute Gasteiger partial charge is 0.423 e. The molecule has 1 aromatic carbocycles. The highest BCUT2D eigenvalue weighted by Gasteiger charge is 2.38. The molecule has 0 aliphatic carbocycles. The molecule has 1 N–H and O–H groups in total. The van der Waals surface area contributed by atoms with Crippen molar-refractivity contribution in [1.82, 2.24) is 5.16 Å². The second kappa shape index (κ2) is 6.50. The standard InChI is InChI=1S/C15H16F3N3O3/c1-8(6-12-9(2)20-24-10(12)3)19-11-4-5-14(21(22)23)13(7-11)15(16,17)18/h4-5,7-8,19H,6H2,1-3H3. The van der Waals surface area contributed by atoms with Gasteiger partial charge < -0.3 is 9.84 Å². The predicted octanol–water partition coefficient (Wildman–Crippen LogP) is 4.26. The number of alkyl halides is 3. The lowest BCUT2D eigenvalue weighted by Gasteiger charge is -2.16. The van der Waals surface area contributed by atoms with Crippen LogP contribution in [0.1, 0.15) is 29.5 Å². The van der Waals surface area contributed by atoms with Gasteiger partial charge in [-0.05, 0) is 39.3 Å². The number of aromatic nitrogens is 1. The van der Waals surface area contributed by atoms with Crippen LogP contribution in [-0.4, -0.2) is 16.1 Å². The number of anilines is 1. The van der Waals surface area contributed by atoms with Crippen LogP contribution in [0.3, 0.4) is 0 Å². The molecule has 0 aliphatic heterocycles. The van der Waals surface area contributed by atoms with Crippen molar-refractivity contribution >= 4 is 11.4 Å². The third-order valence-electron chi connectivity index (χ3n) is 3.60. The number of hydrogen-bond acceptors (Lipinski definition) is 5. The number of benzene rings is 1. The molecule has 1 unspecified atom stereocenters. The molecule has 0 radical (unpaired) electrons. The number of rotatable bonds is 5. The van der Waals surface area contributed by atoms with Crippen molar-refractivity contribution in [3.8, 4) is 0 Å². The summed E-state index contributed by atoms with van der Waals surface area (Å²) in [5.41, 5.74) is -0.477. The first-order chi connectivity index (χ1) is 11.1. The Bertz CT molecular complexity index is 737. The number of nitro groups is 1. The molecule has 0 saturated carbocycles. The minimum atomic E-state index is -4.80. The molecule has 1 atom stereocenters. The first-order valence-electron chi connectivity index (χ1n) is 7.13. The smallest absolute Gasteiger partial charge is 0.382 e. The predicted molar refractivity (Wildman–Crippen MR) is 80.9 cm³/mol. The van der Waals surface area contributed by atoms with Crippen LogP contribution in [0.5, 0.6) is 0 Å². The normalized spacial score (nSPS) is 12.9. The summed E-state index contributed by atoms with van der Waals surface area (Å²) in [7, 11) is 0. The molecule has 24 heavy (non-hydrogen) atoms. The Morgan fingerprint density at radius 2 is 2.04 bits per heavy atom. The Balaban J connectivity index is 2.22. The fraction of sp³-hybridized carbons (Fsp3) is 0.400. The second-order valence-corrected chi connectivity index (χ2v) is 5.54. The summed E-state index contributed by atoms with van der Waals surface area (Å²) in [6.45, 7) is 5.34. The first-order valence-corrected chi connectivity index (χ1v) is 7.13. The molecule has 1 aromatic heterocycles. The van der Waals surface area contributed by atoms with Crippen molar-refractivity contribution in [2.24, 2.45) is 0 Å². The minimum Gasteiger partial charge on any atom is -0.382 e. The highest BCUT2D eigenvalue weighted by Crippen LogP contribution is 2.37. The molecule has 0 spiro atoms. The zero-order valence-corrected chi connectivity index (χ0v) is 13.3. The van der Waals surface area contributed by atoms with Crippen LogP contribution in [0.15, 0.2) is 22.7 Å². The van der Waals surface area contributed by atoms with Crippen molar-refractivity contribution < 1.29 is 22.6 Å². The van der Waals surface area contributed by atoms with Gasteiger partial charge in [-0.15, -0.1) is 0 Å². The number of nitrogens with one attached hydrogen (secondary N) is 1. The van der Waals surface area contributed by atoms with E-state index >= 15 is 0 Å². The van der Waals surface area contributed by atoms with E-state index in [9.17, 15) is 23.3 Å². The summed E-state index contributed by atoms with van der Waals surface area (Å²) in [5, 5.41) is 17.5. The Morgan fingerprint density at radius 1 is 1.38 bits per heavy atom. The van der Waals surface area contributed by atoms with Gasteiger partial charge in [0.05, 0.1) is 10.6 Å². The molecule has 130 valence electrons. The molecule has 2 rings (SSSR count). The minimum absolute atomic E-state index is 0.159. The van der Waals surface area contributed by atoms with E-state index in [1.54, 1.807) is 20.8 Å². The van der Waals surface area contributed by atoms with E-state index in [0.29, 0.717) is 12.2 Å². The van der Waals surface area contributed by atoms with E-state index in [-0.39, 0.29) is 11.7 Å². The number of hydrogen-bond donors (Lipinski definition) is 1. The molecule has 0 bridgehead atoms. The average Bonchev–Trinajstić information content (AvgIpc) is 2.78. The van der Waals surface area contributed by atoms with E-state index in [2.05, 4.69) is 10.5 Å². The lowest BCUT2D eigenvalue weighted by Crippen LogP contribution is -2.19. The lowest BCUT2D eigenvalue weighted by molar-refractivity contribution is -0.388. The van der Waals surface area contributed by atoms with Crippen molar-refractivity contribution in [3.63, 3.8) is 0 Å². The average molecular weight is 343 g/mol. The van der Waals surface area contributed by atoms with Gasteiger partial charge in [-0.25, -0.2) is 0 Å². The van der Waals surface area contributed by atoms with Crippen molar-refractivity contribution in [3.05, 3.63) is 50.9 Å². The molecular formula is C15H16F3N3O3. The summed E-state index contributed by atoms with van der Waals surface area (Å²) < 4.78 is 44.0. The van der Waals surface area contributed by atoms with E-state index in [4.69, 9.17) is 4.52 Å². The van der Waals surface area contributed by atoms with E-state index in [0.717, 1.165) is 23.4 Å². The quantitative estimate of drug-likeness (QED) is 0.648. The van der Waals surface area contributed by atoms with Gasteiger partial charge in [0.1, 0.15) is 11.3 Å². The van der Waals surface area contributed by atoms with E-state index < -0.39 is 22.4 Å². The number of halogens is 3. The zero-order chi connectivity index (χ0) is 18.1. The highest BCUT2D eigenvalue weighted by atomic mass is 19.4. The monoisotopic (exact) mass is 343 g/mol. The molecule has 6 nitrogen and oxygen atoms in total. The first kappa shape index (κ1) is 17.8. The molecule has 9 heteroatoms. The Hall–Kier alpha value is -2.58. The van der Waals surface area contributed by atoms with Crippen LogP contribution in [0, 0.1) is 24.0 Å². The topological polar surface area (TPSA) is 81.2 Å².